The smallest absolute Gasteiger partial charge is 0.264 e. The average Bonchev–Trinajstić information content (AvgIpc) is 3.02. The summed E-state index contributed by atoms with van der Waals surface area (Å²) >= 11 is 9.88. The van der Waals surface area contributed by atoms with Crippen molar-refractivity contribution in [3.05, 3.63) is 124 Å². The van der Waals surface area contributed by atoms with E-state index in [0.29, 0.717) is 5.75 Å². The number of anilines is 1. The second kappa shape index (κ2) is 15.2. The number of hydrogen-bond donors (Lipinski definition) is 1. The minimum atomic E-state index is -4.25. The van der Waals surface area contributed by atoms with Crippen LogP contribution in [-0.2, 0) is 32.6 Å². The molecule has 0 aliphatic carbocycles. The summed E-state index contributed by atoms with van der Waals surface area (Å²) in [5, 5.41) is 3.21. The predicted molar refractivity (Wildman–Crippen MR) is 185 cm³/mol. The van der Waals surface area contributed by atoms with Gasteiger partial charge in [0.15, 0.2) is 0 Å². The highest BCUT2D eigenvalue weighted by molar-refractivity contribution is 9.10. The summed E-state index contributed by atoms with van der Waals surface area (Å²) in [6.45, 7) is 5.07. The molecule has 0 spiro atoms. The monoisotopic (exact) mass is 725 g/mol. The molecule has 46 heavy (non-hydrogen) atoms. The second-order valence-corrected chi connectivity index (χ2v) is 14.9. The topological polar surface area (TPSA) is 96.0 Å². The Hall–Kier alpha value is -3.86. The average molecular weight is 727 g/mol. The van der Waals surface area contributed by atoms with Crippen LogP contribution in [0.2, 0.25) is 5.02 Å². The number of hydrogen-bond acceptors (Lipinski definition) is 5. The molecule has 0 saturated carbocycles. The zero-order valence-electron chi connectivity index (χ0n) is 26.1. The van der Waals surface area contributed by atoms with Crippen molar-refractivity contribution in [2.45, 2.75) is 50.2 Å². The molecule has 1 N–H and O–H groups in total. The summed E-state index contributed by atoms with van der Waals surface area (Å²) in [6, 6.07) is 28.3. The number of rotatable bonds is 12. The molecule has 0 aliphatic heterocycles. The lowest BCUT2D eigenvalue weighted by molar-refractivity contribution is -0.140. The van der Waals surface area contributed by atoms with Gasteiger partial charge in [0.05, 0.1) is 22.7 Å². The molecule has 0 heterocycles. The fourth-order valence-electron chi connectivity index (χ4n) is 4.85. The number of ether oxygens (including phenoxy) is 1. The van der Waals surface area contributed by atoms with E-state index in [1.807, 2.05) is 75.4 Å². The van der Waals surface area contributed by atoms with E-state index in [4.69, 9.17) is 16.3 Å². The molecule has 4 aromatic rings. The van der Waals surface area contributed by atoms with Crippen molar-refractivity contribution < 1.29 is 22.7 Å². The Morgan fingerprint density at radius 3 is 2.07 bits per heavy atom. The minimum Gasteiger partial charge on any atom is -0.495 e. The van der Waals surface area contributed by atoms with Crippen LogP contribution >= 0.6 is 27.5 Å². The van der Waals surface area contributed by atoms with Crippen LogP contribution in [0.5, 0.6) is 5.75 Å². The van der Waals surface area contributed by atoms with E-state index in [1.54, 1.807) is 24.3 Å². The third-order valence-corrected chi connectivity index (χ3v) is 9.68. The molecule has 1 atom stereocenters. The predicted octanol–water partition coefficient (Wildman–Crippen LogP) is 6.86. The molecule has 242 valence electrons. The van der Waals surface area contributed by atoms with Crippen molar-refractivity contribution in [1.29, 1.82) is 0 Å². The highest BCUT2D eigenvalue weighted by atomic mass is 79.9. The number of carbonyl (C=O) groups is 2. The van der Waals surface area contributed by atoms with Crippen LogP contribution in [0.1, 0.15) is 31.9 Å². The molecule has 0 radical (unpaired) electrons. The summed E-state index contributed by atoms with van der Waals surface area (Å²) in [5.74, 6) is -0.571. The Morgan fingerprint density at radius 1 is 0.891 bits per heavy atom. The van der Waals surface area contributed by atoms with E-state index in [2.05, 4.69) is 21.2 Å². The van der Waals surface area contributed by atoms with Gasteiger partial charge in [-0.2, -0.15) is 0 Å². The lowest BCUT2D eigenvalue weighted by Gasteiger charge is -2.35. The van der Waals surface area contributed by atoms with Crippen molar-refractivity contribution in [3.8, 4) is 5.75 Å². The molecule has 0 aliphatic rings. The number of halogens is 2. The number of sulfonamides is 1. The first kappa shape index (κ1) is 35.0. The zero-order valence-corrected chi connectivity index (χ0v) is 29.3. The van der Waals surface area contributed by atoms with Gasteiger partial charge >= 0.3 is 0 Å². The van der Waals surface area contributed by atoms with Gasteiger partial charge in [0.25, 0.3) is 10.0 Å². The lowest BCUT2D eigenvalue weighted by Crippen LogP contribution is -2.56. The van der Waals surface area contributed by atoms with Gasteiger partial charge in [0, 0.05) is 23.0 Å². The number of nitrogens with zero attached hydrogens (tertiary/aromatic N) is 2. The highest BCUT2D eigenvalue weighted by Gasteiger charge is 2.35. The first-order chi connectivity index (χ1) is 21.8. The molecule has 8 nitrogen and oxygen atoms in total. The Kier molecular flexibility index (Phi) is 11.5. The van der Waals surface area contributed by atoms with E-state index >= 15 is 0 Å². The third-order valence-electron chi connectivity index (χ3n) is 7.07. The maximum absolute atomic E-state index is 14.6. The van der Waals surface area contributed by atoms with Crippen molar-refractivity contribution >= 4 is 55.1 Å². The van der Waals surface area contributed by atoms with E-state index < -0.39 is 34.1 Å². The molecule has 2 amide bonds. The normalized spacial score (nSPS) is 12.2. The van der Waals surface area contributed by atoms with Gasteiger partial charge in [-0.25, -0.2) is 8.42 Å². The fraction of sp³-hybridized carbons (Fsp3) is 0.257. The first-order valence-electron chi connectivity index (χ1n) is 14.6. The Balaban J connectivity index is 1.83. The first-order valence-corrected chi connectivity index (χ1v) is 17.2. The largest absolute Gasteiger partial charge is 0.495 e. The van der Waals surface area contributed by atoms with Crippen molar-refractivity contribution in [3.63, 3.8) is 0 Å². The quantitative estimate of drug-likeness (QED) is 0.172. The van der Waals surface area contributed by atoms with Gasteiger partial charge in [-0.15, -0.1) is 0 Å². The summed E-state index contributed by atoms with van der Waals surface area (Å²) in [7, 11) is -2.79. The molecular formula is C35H37BrClN3O5S. The number of nitrogens with one attached hydrogen (secondary N) is 1. The lowest BCUT2D eigenvalue weighted by atomic mass is 10.0. The van der Waals surface area contributed by atoms with Gasteiger partial charge in [0.1, 0.15) is 18.3 Å². The van der Waals surface area contributed by atoms with Crippen LogP contribution in [0.25, 0.3) is 0 Å². The zero-order chi connectivity index (χ0) is 33.5. The van der Waals surface area contributed by atoms with Crippen LogP contribution in [-0.4, -0.2) is 50.4 Å². The van der Waals surface area contributed by atoms with Crippen LogP contribution in [0, 0.1) is 0 Å². The number of methoxy groups -OCH3 is 1. The van der Waals surface area contributed by atoms with Crippen LogP contribution in [0.15, 0.2) is 112 Å². The van der Waals surface area contributed by atoms with Gasteiger partial charge < -0.3 is 15.0 Å². The van der Waals surface area contributed by atoms with Crippen molar-refractivity contribution in [2.24, 2.45) is 0 Å². The van der Waals surface area contributed by atoms with E-state index in [1.165, 1.54) is 36.3 Å². The molecule has 1 unspecified atom stereocenters. The summed E-state index contributed by atoms with van der Waals surface area (Å²) in [4.78, 5) is 30.0. The Bertz CT molecular complexity index is 1750. The molecule has 0 aromatic heterocycles. The van der Waals surface area contributed by atoms with Gasteiger partial charge in [0.2, 0.25) is 11.8 Å². The number of amides is 2. The molecule has 0 saturated heterocycles. The molecule has 11 heteroatoms. The molecule has 0 bridgehead atoms. The minimum absolute atomic E-state index is 0.000473. The summed E-state index contributed by atoms with van der Waals surface area (Å²) in [6.07, 6.45) is 0.213. The van der Waals surface area contributed by atoms with Crippen LogP contribution in [0.4, 0.5) is 5.69 Å². The highest BCUT2D eigenvalue weighted by Crippen LogP contribution is 2.32. The molecule has 0 fully saturated rings. The van der Waals surface area contributed by atoms with Gasteiger partial charge in [-0.1, -0.05) is 88.2 Å². The SMILES string of the molecule is COc1ccc(N(CC(=O)N(Cc2ccc(Br)cc2)C(Cc2ccccc2)C(=O)NC(C)(C)C)S(=O)(=O)c2ccccc2)cc1Cl. The fourth-order valence-corrected chi connectivity index (χ4v) is 6.80. The summed E-state index contributed by atoms with van der Waals surface area (Å²) in [5.41, 5.74) is 1.20. The van der Waals surface area contributed by atoms with E-state index in [9.17, 15) is 18.0 Å². The standard InChI is InChI=1S/C35H37BrClN3O5S/c1-35(2,3)38-34(42)31(21-25-11-7-5-8-12-25)39(23-26-15-17-27(36)18-16-26)33(41)24-40(28-19-20-32(45-4)30(37)22-28)46(43,44)29-13-9-6-10-14-29/h5-20,22,31H,21,23-24H2,1-4H3,(H,38,42). The second-order valence-electron chi connectivity index (χ2n) is 11.7. The maximum atomic E-state index is 14.6. The summed E-state index contributed by atoms with van der Waals surface area (Å²) < 4.78 is 35.4. The van der Waals surface area contributed by atoms with Gasteiger partial charge in [-0.3, -0.25) is 13.9 Å². The van der Waals surface area contributed by atoms with E-state index in [0.717, 1.165) is 19.9 Å². The molecular weight excluding hydrogens is 690 g/mol. The number of carbonyl (C=O) groups excluding carboxylic acids is 2. The molecule has 4 rings (SSSR count). The Morgan fingerprint density at radius 2 is 1.50 bits per heavy atom. The Labute approximate surface area is 284 Å². The van der Waals surface area contributed by atoms with Crippen molar-refractivity contribution in [2.75, 3.05) is 18.0 Å². The van der Waals surface area contributed by atoms with Gasteiger partial charge in [-0.05, 0) is 74.4 Å². The number of benzene rings is 4. The molecule has 4 aromatic carbocycles. The maximum Gasteiger partial charge on any atom is 0.264 e. The van der Waals surface area contributed by atoms with Crippen molar-refractivity contribution in [1.82, 2.24) is 10.2 Å². The third kappa shape index (κ3) is 9.11. The van der Waals surface area contributed by atoms with Crippen LogP contribution in [0.3, 0.4) is 0 Å². The van der Waals surface area contributed by atoms with E-state index in [-0.39, 0.29) is 34.5 Å². The van der Waals surface area contributed by atoms with Crippen LogP contribution < -0.4 is 14.4 Å².